The molecular weight excluding hydrogens is 1180 g/mol. The summed E-state index contributed by atoms with van der Waals surface area (Å²) in [5.41, 5.74) is -10.3. The Bertz CT molecular complexity index is 3320. The third-order valence-electron chi connectivity index (χ3n) is 26.7. The van der Waals surface area contributed by atoms with Gasteiger partial charge in [-0.2, -0.15) is 0 Å². The number of aliphatic hydroxyl groups is 5. The van der Waals surface area contributed by atoms with Crippen LogP contribution < -0.4 is 0 Å². The Balaban J connectivity index is 0.000000170. The lowest BCUT2D eigenvalue weighted by Gasteiger charge is -2.73. The predicted molar refractivity (Wildman–Crippen MR) is 311 cm³/mol. The Morgan fingerprint density at radius 1 is 0.527 bits per heavy atom. The van der Waals surface area contributed by atoms with Crippen molar-refractivity contribution in [1.82, 2.24) is 0 Å². The van der Waals surface area contributed by atoms with E-state index in [2.05, 4.69) is 24.3 Å². The van der Waals surface area contributed by atoms with Crippen molar-refractivity contribution >= 4 is 47.4 Å². The summed E-state index contributed by atoms with van der Waals surface area (Å²) in [6, 6.07) is 0. The van der Waals surface area contributed by atoms with Gasteiger partial charge in [0.25, 0.3) is 0 Å². The van der Waals surface area contributed by atoms with Crippen molar-refractivity contribution in [3.8, 4) is 0 Å². The van der Waals surface area contributed by atoms with E-state index in [4.69, 9.17) is 47.4 Å². The van der Waals surface area contributed by atoms with Crippen LogP contribution in [0.3, 0.4) is 0 Å². The Hall–Kier alpha value is -5.24. The second-order valence-electron chi connectivity index (χ2n) is 30.6. The minimum Gasteiger partial charge on any atom is -0.462 e. The Kier molecular flexibility index (Phi) is 14.6. The van der Waals surface area contributed by atoms with Crippen LogP contribution in [0.5, 0.6) is 0 Å². The fourth-order valence-electron chi connectivity index (χ4n) is 23.2. The Morgan fingerprint density at radius 3 is 1.42 bits per heavy atom. The molecule has 14 aliphatic rings. The molecular formula is C68H88O23. The molecule has 23 nitrogen and oxygen atoms in total. The van der Waals surface area contributed by atoms with E-state index in [-0.39, 0.29) is 56.2 Å². The molecule has 2 spiro atoms. The van der Waals surface area contributed by atoms with E-state index in [1.807, 2.05) is 39.8 Å². The van der Waals surface area contributed by atoms with Crippen molar-refractivity contribution in [1.29, 1.82) is 0 Å². The number of allylic oxidation sites excluding steroid dienone is 8. The van der Waals surface area contributed by atoms with E-state index in [1.165, 1.54) is 27.7 Å². The highest BCUT2D eigenvalue weighted by atomic mass is 16.7. The van der Waals surface area contributed by atoms with E-state index in [0.29, 0.717) is 12.8 Å². The molecule has 5 N–H and O–H groups in total. The number of ether oxygens (including phenoxy) is 10. The molecule has 4 bridgehead atoms. The largest absolute Gasteiger partial charge is 0.462 e. The van der Waals surface area contributed by atoms with Crippen molar-refractivity contribution in [2.24, 2.45) is 84.7 Å². The maximum absolute atomic E-state index is 15.5. The lowest BCUT2D eigenvalue weighted by Crippen LogP contribution is -2.84. The van der Waals surface area contributed by atoms with Crippen molar-refractivity contribution < 1.29 is 111 Å². The van der Waals surface area contributed by atoms with Crippen LogP contribution in [0, 0.1) is 84.7 Å². The Morgan fingerprint density at radius 2 is 0.978 bits per heavy atom. The van der Waals surface area contributed by atoms with E-state index in [0.717, 1.165) is 30.9 Å². The van der Waals surface area contributed by atoms with Crippen molar-refractivity contribution in [3.05, 3.63) is 47.6 Å². The molecule has 0 aromatic carbocycles. The number of aliphatic hydroxyl groups excluding tert-OH is 5. The van der Waals surface area contributed by atoms with Crippen LogP contribution in [0.15, 0.2) is 47.6 Å². The second kappa shape index (κ2) is 20.6. The van der Waals surface area contributed by atoms with E-state index in [1.54, 1.807) is 27.7 Å². The molecule has 4 saturated heterocycles. The zero-order valence-electron chi connectivity index (χ0n) is 54.0. The summed E-state index contributed by atoms with van der Waals surface area (Å²) in [6.07, 6.45) is 0.308. The van der Waals surface area contributed by atoms with Crippen molar-refractivity contribution in [2.75, 3.05) is 13.2 Å². The highest BCUT2D eigenvalue weighted by Gasteiger charge is 2.95. The van der Waals surface area contributed by atoms with Crippen LogP contribution in [0.25, 0.3) is 0 Å². The number of Topliss-reactive ketones (excluding diaryl/α,β-unsaturated/α-hetero) is 2. The maximum atomic E-state index is 15.5. The topological polar surface area (TPSA) is 337 Å². The minimum atomic E-state index is -1.68. The number of carbonyl (C=O) groups excluding carboxylic acids is 8. The lowest BCUT2D eigenvalue weighted by atomic mass is 9.33. The minimum absolute atomic E-state index is 0.00392. The first-order valence-corrected chi connectivity index (χ1v) is 32.4. The quantitative estimate of drug-likeness (QED) is 0.124. The summed E-state index contributed by atoms with van der Waals surface area (Å²) in [5, 5.41) is 60.7. The lowest BCUT2D eigenvalue weighted by molar-refractivity contribution is -0.391. The molecule has 498 valence electrons. The van der Waals surface area contributed by atoms with Gasteiger partial charge in [0.2, 0.25) is 6.29 Å². The van der Waals surface area contributed by atoms with E-state index < -0.39 is 199 Å². The van der Waals surface area contributed by atoms with Crippen LogP contribution in [0.2, 0.25) is 0 Å². The number of fused-ring (bicyclic) bond motifs is 2. The van der Waals surface area contributed by atoms with E-state index in [9.17, 15) is 54.3 Å². The molecule has 4 heterocycles. The standard InChI is InChI=1S/C37H48O13.C31H40O10/c1-16(2)31(44)49-32-33(6)22-14-23(41)35(8)27(36(22,15-45-32)28(43)26(46-17(3)38)30(33)48-19(5)40)25(42)29(47-18(4)39)34(7)21(20-11-9-10-12-20)13-24-37(34,35)50-24;1-14(32)39-21-12-20(35)30-13-38-26(37)27(21,3)18(30)11-19(34)29(5)24(30)23(36)25(40-15(2)33)28(4)17(16-8-6-7-9-16)10-22-31(28,29)41-22/h9,11-12,16,21-24,26-30,32,41,43H,10,13-15H2,1-8H3;6,8-9,17-22,24-26,34-35,37H,7,10-13H2,1-5H3. The van der Waals surface area contributed by atoms with Gasteiger partial charge < -0.3 is 72.9 Å². The Labute approximate surface area is 528 Å². The molecule has 8 saturated carbocycles. The predicted octanol–water partition coefficient (Wildman–Crippen LogP) is 3.93. The number of hydrogen-bond donors (Lipinski definition) is 5. The van der Waals surface area contributed by atoms with Crippen LogP contribution >= 0.6 is 0 Å². The molecule has 0 aromatic heterocycles. The first-order chi connectivity index (χ1) is 42.6. The molecule has 29 atom stereocenters. The number of ketones is 2. The zero-order valence-corrected chi connectivity index (χ0v) is 54.0. The fraction of sp³-hybridized carbons (Fsp3) is 0.765. The van der Waals surface area contributed by atoms with Gasteiger partial charge in [0, 0.05) is 74.5 Å². The molecule has 91 heavy (non-hydrogen) atoms. The summed E-state index contributed by atoms with van der Waals surface area (Å²) >= 11 is 0. The molecule has 10 aliphatic carbocycles. The molecule has 0 amide bonds. The monoisotopic (exact) mass is 1270 g/mol. The number of carbonyl (C=O) groups is 8. The van der Waals surface area contributed by atoms with Crippen LogP contribution in [0.4, 0.5) is 0 Å². The van der Waals surface area contributed by atoms with Gasteiger partial charge in [-0.3, -0.25) is 38.4 Å². The normalized spacial score (nSPS) is 52.5. The van der Waals surface area contributed by atoms with Gasteiger partial charge in [0.1, 0.15) is 23.4 Å². The third-order valence-corrected chi connectivity index (χ3v) is 26.7. The SMILES string of the molecule is CC(=O)OC1C(OC(C)=O)C2(C)C(OC(=O)C(C)C)OCC3(C1O)C2CC(O)C1(C)C3C(=O)C(OC(C)=O)C2(C)C(C3=CCC=C3)CC3OC321.CC(=O)OC1CC(O)C23COC(O)C1(C)C2CC(O)C1(C)C3C(=O)C(OC(C)=O)C2(C)C(C3=CCC=C3)CC3OC321. The highest BCUT2D eigenvalue weighted by Crippen LogP contribution is 2.85. The first-order valence-electron chi connectivity index (χ1n) is 32.4. The van der Waals surface area contributed by atoms with Gasteiger partial charge in [-0.1, -0.05) is 84.9 Å². The summed E-state index contributed by atoms with van der Waals surface area (Å²) in [7, 11) is 0. The van der Waals surface area contributed by atoms with E-state index >= 15 is 9.59 Å². The number of hydrogen-bond acceptors (Lipinski definition) is 23. The van der Waals surface area contributed by atoms with Gasteiger partial charge in [-0.05, 0) is 80.3 Å². The smallest absolute Gasteiger partial charge is 0.310 e. The summed E-state index contributed by atoms with van der Waals surface area (Å²) in [6.45, 7) is 19.9. The number of rotatable bonds is 9. The molecule has 29 unspecified atom stereocenters. The van der Waals surface area contributed by atoms with Crippen LogP contribution in [-0.4, -0.2) is 177 Å². The van der Waals surface area contributed by atoms with Gasteiger partial charge in [0.15, 0.2) is 42.3 Å². The maximum Gasteiger partial charge on any atom is 0.310 e. The van der Waals surface area contributed by atoms with Gasteiger partial charge in [-0.15, -0.1) is 0 Å². The van der Waals surface area contributed by atoms with Crippen LogP contribution in [-0.2, 0) is 85.7 Å². The molecule has 0 radical (unpaired) electrons. The first kappa shape index (κ1) is 64.5. The average molecular weight is 1270 g/mol. The molecule has 12 fully saturated rings. The number of epoxide rings is 2. The molecule has 23 heteroatoms. The highest BCUT2D eigenvalue weighted by molar-refractivity contribution is 5.94. The van der Waals surface area contributed by atoms with Gasteiger partial charge in [-0.25, -0.2) is 0 Å². The average Bonchev–Trinajstić information content (AvgIpc) is 1.51. The molecule has 4 aliphatic heterocycles. The van der Waals surface area contributed by atoms with Crippen LogP contribution in [0.1, 0.15) is 135 Å². The summed E-state index contributed by atoms with van der Waals surface area (Å²) in [5.74, 6) is -9.61. The third kappa shape index (κ3) is 7.69. The molecule has 14 rings (SSSR count). The second-order valence-corrected chi connectivity index (χ2v) is 30.6. The van der Waals surface area contributed by atoms with Crippen molar-refractivity contribution in [2.45, 2.75) is 226 Å². The summed E-state index contributed by atoms with van der Waals surface area (Å²) in [4.78, 5) is 107. The van der Waals surface area contributed by atoms with Crippen molar-refractivity contribution in [3.63, 3.8) is 0 Å². The summed E-state index contributed by atoms with van der Waals surface area (Å²) < 4.78 is 60.8. The van der Waals surface area contributed by atoms with Gasteiger partial charge in [0.05, 0.1) is 71.3 Å². The zero-order chi connectivity index (χ0) is 66.0. The fourth-order valence-corrected chi connectivity index (χ4v) is 23.2. The number of esters is 6. The molecule has 0 aromatic rings. The van der Waals surface area contributed by atoms with Gasteiger partial charge >= 0.3 is 35.8 Å².